The maximum absolute atomic E-state index is 11.1. The van der Waals surface area contributed by atoms with Gasteiger partial charge in [-0.15, -0.1) is 0 Å². The van der Waals surface area contributed by atoms with Gasteiger partial charge in [0.05, 0.1) is 5.41 Å². The van der Waals surface area contributed by atoms with Gasteiger partial charge >= 0.3 is 5.97 Å². The maximum atomic E-state index is 11.1. The maximum Gasteiger partial charge on any atom is 0.310 e. The van der Waals surface area contributed by atoms with Gasteiger partial charge in [-0.3, -0.25) is 4.79 Å². The lowest BCUT2D eigenvalue weighted by Crippen LogP contribution is -2.32. The van der Waals surface area contributed by atoms with Crippen molar-refractivity contribution in [2.24, 2.45) is 5.41 Å². The molecule has 3 nitrogen and oxygen atoms in total. The summed E-state index contributed by atoms with van der Waals surface area (Å²) < 4.78 is 0. The Bertz CT molecular complexity index is 242. The zero-order valence-corrected chi connectivity index (χ0v) is 11.4. The van der Waals surface area contributed by atoms with E-state index < -0.39 is 11.4 Å². The molecule has 3 heteroatoms. The fraction of sp³-hybridized carbons (Fsp3) is 0.929. The van der Waals surface area contributed by atoms with Crippen molar-refractivity contribution in [3.63, 3.8) is 0 Å². The summed E-state index contributed by atoms with van der Waals surface area (Å²) in [7, 11) is 0. The first-order valence-electron chi connectivity index (χ1n) is 7.04. The predicted octanol–water partition coefficient (Wildman–Crippen LogP) is 3.14. The van der Waals surface area contributed by atoms with Crippen LogP contribution in [0, 0.1) is 5.41 Å². The summed E-state index contributed by atoms with van der Waals surface area (Å²) in [5.74, 6) is -0.636. The van der Waals surface area contributed by atoms with Gasteiger partial charge in [-0.1, -0.05) is 39.0 Å². The highest BCUT2D eigenvalue weighted by Gasteiger charge is 2.39. The topological polar surface area (TPSA) is 40.5 Å². The average molecular weight is 241 g/mol. The van der Waals surface area contributed by atoms with Crippen LogP contribution in [0.3, 0.4) is 0 Å². The number of likely N-dealkylation sites (tertiary alicyclic amines) is 1. The third-order valence-electron chi connectivity index (χ3n) is 3.90. The van der Waals surface area contributed by atoms with Crippen LogP contribution in [0.1, 0.15) is 58.8 Å². The molecule has 1 unspecified atom stereocenters. The van der Waals surface area contributed by atoms with E-state index in [-0.39, 0.29) is 0 Å². The molecule has 17 heavy (non-hydrogen) atoms. The van der Waals surface area contributed by atoms with Crippen molar-refractivity contribution in [1.29, 1.82) is 0 Å². The van der Waals surface area contributed by atoms with Gasteiger partial charge < -0.3 is 10.0 Å². The minimum atomic E-state index is -0.636. The van der Waals surface area contributed by atoms with Crippen LogP contribution in [0.25, 0.3) is 0 Å². The van der Waals surface area contributed by atoms with Gasteiger partial charge in [0, 0.05) is 6.54 Å². The molecule has 1 atom stereocenters. The SMILES string of the molecule is CCCCCCCCN1CCC(C)(C(=O)O)C1. The molecule has 0 aromatic rings. The van der Waals surface area contributed by atoms with E-state index in [1.165, 1.54) is 38.5 Å². The van der Waals surface area contributed by atoms with Crippen LogP contribution >= 0.6 is 0 Å². The second-order valence-corrected chi connectivity index (χ2v) is 5.66. The van der Waals surface area contributed by atoms with Crippen LogP contribution in [0.5, 0.6) is 0 Å². The van der Waals surface area contributed by atoms with Crippen molar-refractivity contribution >= 4 is 5.97 Å². The summed E-state index contributed by atoms with van der Waals surface area (Å²) in [5.41, 5.74) is -0.498. The van der Waals surface area contributed by atoms with Crippen LogP contribution in [-0.4, -0.2) is 35.6 Å². The second-order valence-electron chi connectivity index (χ2n) is 5.66. The molecule has 0 amide bonds. The molecule has 0 radical (unpaired) electrons. The van der Waals surface area contributed by atoms with E-state index in [0.717, 1.165) is 26.1 Å². The number of carbonyl (C=O) groups is 1. The van der Waals surface area contributed by atoms with E-state index in [1.54, 1.807) is 0 Å². The van der Waals surface area contributed by atoms with E-state index in [0.29, 0.717) is 0 Å². The Kier molecular flexibility index (Phi) is 5.96. The normalized spacial score (nSPS) is 25.3. The summed E-state index contributed by atoms with van der Waals surface area (Å²) in [4.78, 5) is 13.4. The van der Waals surface area contributed by atoms with Crippen LogP contribution in [0.2, 0.25) is 0 Å². The first kappa shape index (κ1) is 14.5. The zero-order chi connectivity index (χ0) is 12.7. The largest absolute Gasteiger partial charge is 0.481 e. The molecule has 1 rings (SSSR count). The summed E-state index contributed by atoms with van der Waals surface area (Å²) >= 11 is 0. The van der Waals surface area contributed by atoms with E-state index >= 15 is 0 Å². The van der Waals surface area contributed by atoms with E-state index in [1.807, 2.05) is 6.92 Å². The van der Waals surface area contributed by atoms with Gasteiger partial charge in [0.2, 0.25) is 0 Å². The lowest BCUT2D eigenvalue weighted by Gasteiger charge is -2.19. The van der Waals surface area contributed by atoms with Crippen LogP contribution < -0.4 is 0 Å². The Morgan fingerprint density at radius 3 is 2.47 bits per heavy atom. The summed E-state index contributed by atoms with van der Waals surface area (Å²) in [6.07, 6.45) is 8.64. The highest BCUT2D eigenvalue weighted by Crippen LogP contribution is 2.30. The number of carboxylic acid groups (broad SMARTS) is 1. The quantitative estimate of drug-likeness (QED) is 0.664. The Hall–Kier alpha value is -0.570. The highest BCUT2D eigenvalue weighted by molar-refractivity contribution is 5.74. The van der Waals surface area contributed by atoms with Gasteiger partial charge in [-0.2, -0.15) is 0 Å². The Labute approximate surface area is 105 Å². The van der Waals surface area contributed by atoms with E-state index in [2.05, 4.69) is 11.8 Å². The first-order chi connectivity index (χ1) is 8.08. The fourth-order valence-electron chi connectivity index (χ4n) is 2.54. The number of hydrogen-bond acceptors (Lipinski definition) is 2. The molecule has 0 bridgehead atoms. The van der Waals surface area contributed by atoms with Crippen LogP contribution in [0.15, 0.2) is 0 Å². The number of hydrogen-bond donors (Lipinski definition) is 1. The monoisotopic (exact) mass is 241 g/mol. The van der Waals surface area contributed by atoms with E-state index in [9.17, 15) is 4.79 Å². The third-order valence-corrected chi connectivity index (χ3v) is 3.90. The van der Waals surface area contributed by atoms with Crippen LogP contribution in [-0.2, 0) is 4.79 Å². The molecule has 1 N–H and O–H groups in total. The summed E-state index contributed by atoms with van der Waals surface area (Å²) in [6, 6.07) is 0. The van der Waals surface area contributed by atoms with Crippen molar-refractivity contribution in [2.75, 3.05) is 19.6 Å². The average Bonchev–Trinajstić information content (AvgIpc) is 2.67. The molecule has 0 aromatic carbocycles. The number of rotatable bonds is 8. The van der Waals surface area contributed by atoms with Crippen molar-refractivity contribution in [3.8, 4) is 0 Å². The fourth-order valence-corrected chi connectivity index (χ4v) is 2.54. The highest BCUT2D eigenvalue weighted by atomic mass is 16.4. The van der Waals surface area contributed by atoms with Gasteiger partial charge in [0.1, 0.15) is 0 Å². The van der Waals surface area contributed by atoms with Crippen LogP contribution in [0.4, 0.5) is 0 Å². The molecule has 0 aromatic heterocycles. The molecule has 1 aliphatic heterocycles. The molecule has 1 saturated heterocycles. The molecule has 0 saturated carbocycles. The Morgan fingerprint density at radius 2 is 1.88 bits per heavy atom. The molecule has 1 fully saturated rings. The lowest BCUT2D eigenvalue weighted by atomic mass is 9.90. The molecular weight excluding hydrogens is 214 g/mol. The molecule has 0 spiro atoms. The molecule has 100 valence electrons. The van der Waals surface area contributed by atoms with Crippen molar-refractivity contribution < 1.29 is 9.90 Å². The minimum absolute atomic E-state index is 0.498. The second kappa shape index (κ2) is 7.00. The Morgan fingerprint density at radius 1 is 1.24 bits per heavy atom. The minimum Gasteiger partial charge on any atom is -0.481 e. The van der Waals surface area contributed by atoms with E-state index in [4.69, 9.17) is 5.11 Å². The predicted molar refractivity (Wildman–Crippen MR) is 70.2 cm³/mol. The van der Waals surface area contributed by atoms with Gasteiger partial charge in [-0.25, -0.2) is 0 Å². The number of nitrogens with zero attached hydrogens (tertiary/aromatic N) is 1. The lowest BCUT2D eigenvalue weighted by molar-refractivity contribution is -0.147. The van der Waals surface area contributed by atoms with Crippen molar-refractivity contribution in [3.05, 3.63) is 0 Å². The standard InChI is InChI=1S/C14H27NO2/c1-3-4-5-6-7-8-10-15-11-9-14(2,12-15)13(16)17/h3-12H2,1-2H3,(H,16,17). The van der Waals surface area contributed by atoms with Gasteiger partial charge in [0.25, 0.3) is 0 Å². The Balaban J connectivity index is 2.08. The van der Waals surface area contributed by atoms with Gasteiger partial charge in [-0.05, 0) is 32.9 Å². The third kappa shape index (κ3) is 4.66. The van der Waals surface area contributed by atoms with Crippen molar-refractivity contribution in [2.45, 2.75) is 58.8 Å². The zero-order valence-electron chi connectivity index (χ0n) is 11.4. The summed E-state index contributed by atoms with van der Waals surface area (Å²) in [5, 5.41) is 9.13. The molecule has 1 heterocycles. The summed E-state index contributed by atoms with van der Waals surface area (Å²) in [6.45, 7) is 6.87. The van der Waals surface area contributed by atoms with Crippen molar-refractivity contribution in [1.82, 2.24) is 4.90 Å². The smallest absolute Gasteiger partial charge is 0.310 e. The first-order valence-corrected chi connectivity index (χ1v) is 7.04. The molecule has 1 aliphatic rings. The molecule has 0 aliphatic carbocycles. The molecular formula is C14H27NO2. The number of unbranched alkanes of at least 4 members (excludes halogenated alkanes) is 5. The van der Waals surface area contributed by atoms with Gasteiger partial charge in [0.15, 0.2) is 0 Å². The number of aliphatic carboxylic acids is 1. The number of carboxylic acids is 1.